The van der Waals surface area contributed by atoms with Crippen LogP contribution in [0.4, 0.5) is 0 Å². The van der Waals surface area contributed by atoms with Crippen molar-refractivity contribution < 1.29 is 4.79 Å². The van der Waals surface area contributed by atoms with Gasteiger partial charge in [-0.05, 0) is 56.0 Å². The number of nitriles is 1. The van der Waals surface area contributed by atoms with Crippen molar-refractivity contribution in [3.05, 3.63) is 80.8 Å². The lowest BCUT2D eigenvalue weighted by Gasteiger charge is -2.15. The number of thiophene rings is 1. The molecule has 1 atom stereocenters. The molecular weight excluding hydrogens is 342 g/mol. The molecule has 0 radical (unpaired) electrons. The van der Waals surface area contributed by atoms with Crippen LogP contribution in [-0.2, 0) is 6.54 Å². The highest BCUT2D eigenvalue weighted by Gasteiger charge is 2.18. The minimum Gasteiger partial charge on any atom is -0.345 e. The molecule has 2 aromatic heterocycles. The molecule has 1 amide bonds. The van der Waals surface area contributed by atoms with E-state index in [4.69, 9.17) is 5.26 Å². The Kier molecular flexibility index (Phi) is 5.24. The normalized spacial score (nSPS) is 11.8. The maximum atomic E-state index is 12.8. The molecule has 1 N–H and O–H groups in total. The predicted octanol–water partition coefficient (Wildman–Crippen LogP) is 4.58. The summed E-state index contributed by atoms with van der Waals surface area (Å²) in [5.41, 5.74) is 4.35. The summed E-state index contributed by atoms with van der Waals surface area (Å²) in [6.07, 6.45) is 0. The lowest BCUT2D eigenvalue weighted by molar-refractivity contribution is 0.0939. The molecule has 1 aromatic carbocycles. The van der Waals surface area contributed by atoms with Crippen molar-refractivity contribution in [3.8, 4) is 6.07 Å². The van der Waals surface area contributed by atoms with Crippen molar-refractivity contribution in [1.29, 1.82) is 5.26 Å². The standard InChI is InChI=1S/C21H21N3OS/c1-14-11-20(16(3)24(14)13-19-5-4-10-26-19)21(25)23-15(2)18-8-6-17(12-22)7-9-18/h4-11,15H,13H2,1-3H3,(H,23,25). The van der Waals surface area contributed by atoms with Gasteiger partial charge in [0.15, 0.2) is 0 Å². The first-order valence-electron chi connectivity index (χ1n) is 8.49. The molecule has 0 aliphatic heterocycles. The van der Waals surface area contributed by atoms with E-state index in [0.717, 1.165) is 23.5 Å². The van der Waals surface area contributed by atoms with E-state index >= 15 is 0 Å². The third-order valence-corrected chi connectivity index (χ3v) is 5.46. The summed E-state index contributed by atoms with van der Waals surface area (Å²) >= 11 is 1.72. The van der Waals surface area contributed by atoms with Crippen LogP contribution < -0.4 is 5.32 Å². The first-order chi connectivity index (χ1) is 12.5. The number of amides is 1. The molecule has 2 heterocycles. The molecule has 3 rings (SSSR count). The van der Waals surface area contributed by atoms with E-state index < -0.39 is 0 Å². The van der Waals surface area contributed by atoms with Gasteiger partial charge in [-0.1, -0.05) is 18.2 Å². The van der Waals surface area contributed by atoms with Crippen LogP contribution >= 0.6 is 11.3 Å². The molecule has 0 saturated carbocycles. The fraction of sp³-hybridized carbons (Fsp3) is 0.238. The van der Waals surface area contributed by atoms with Gasteiger partial charge in [-0.3, -0.25) is 4.79 Å². The van der Waals surface area contributed by atoms with E-state index in [9.17, 15) is 4.79 Å². The number of benzene rings is 1. The highest BCUT2D eigenvalue weighted by Crippen LogP contribution is 2.21. The Bertz CT molecular complexity index is 947. The third-order valence-electron chi connectivity index (χ3n) is 4.60. The fourth-order valence-corrected chi connectivity index (χ4v) is 3.73. The van der Waals surface area contributed by atoms with Crippen LogP contribution in [0.15, 0.2) is 47.8 Å². The van der Waals surface area contributed by atoms with Crippen molar-refractivity contribution in [2.75, 3.05) is 0 Å². The minimum atomic E-state index is -0.129. The number of hydrogen-bond donors (Lipinski definition) is 1. The van der Waals surface area contributed by atoms with Crippen LogP contribution in [0.1, 0.15) is 50.7 Å². The zero-order valence-corrected chi connectivity index (χ0v) is 15.9. The Labute approximate surface area is 157 Å². The quantitative estimate of drug-likeness (QED) is 0.721. The topological polar surface area (TPSA) is 57.8 Å². The van der Waals surface area contributed by atoms with Gasteiger partial charge in [-0.25, -0.2) is 0 Å². The van der Waals surface area contributed by atoms with Crippen molar-refractivity contribution in [1.82, 2.24) is 9.88 Å². The largest absolute Gasteiger partial charge is 0.345 e. The third kappa shape index (κ3) is 3.71. The number of aryl methyl sites for hydroxylation is 1. The molecule has 0 aliphatic carbocycles. The Hall–Kier alpha value is -2.84. The van der Waals surface area contributed by atoms with Gasteiger partial charge in [0, 0.05) is 16.3 Å². The minimum absolute atomic E-state index is 0.0765. The molecule has 4 nitrogen and oxygen atoms in total. The van der Waals surface area contributed by atoms with Gasteiger partial charge in [-0.2, -0.15) is 5.26 Å². The average Bonchev–Trinajstić information content (AvgIpc) is 3.25. The zero-order chi connectivity index (χ0) is 18.7. The van der Waals surface area contributed by atoms with E-state index in [-0.39, 0.29) is 11.9 Å². The maximum Gasteiger partial charge on any atom is 0.253 e. The number of nitrogens with zero attached hydrogens (tertiary/aromatic N) is 2. The Morgan fingerprint density at radius 1 is 1.27 bits per heavy atom. The summed E-state index contributed by atoms with van der Waals surface area (Å²) in [5.74, 6) is -0.0765. The summed E-state index contributed by atoms with van der Waals surface area (Å²) < 4.78 is 2.17. The van der Waals surface area contributed by atoms with E-state index in [1.165, 1.54) is 4.88 Å². The number of carbonyl (C=O) groups is 1. The summed E-state index contributed by atoms with van der Waals surface area (Å²) in [4.78, 5) is 14.0. The van der Waals surface area contributed by atoms with Gasteiger partial charge in [0.1, 0.15) is 0 Å². The number of nitrogens with one attached hydrogen (secondary N) is 1. The average molecular weight is 363 g/mol. The van der Waals surface area contributed by atoms with Crippen molar-refractivity contribution in [3.63, 3.8) is 0 Å². The Morgan fingerprint density at radius 3 is 2.62 bits per heavy atom. The van der Waals surface area contributed by atoms with E-state index in [1.54, 1.807) is 23.5 Å². The summed E-state index contributed by atoms with van der Waals surface area (Å²) in [5, 5.41) is 14.0. The lowest BCUT2D eigenvalue weighted by atomic mass is 10.1. The first kappa shape index (κ1) is 18.0. The molecule has 0 spiro atoms. The van der Waals surface area contributed by atoms with Gasteiger partial charge >= 0.3 is 0 Å². The van der Waals surface area contributed by atoms with Crippen LogP contribution in [0.5, 0.6) is 0 Å². The van der Waals surface area contributed by atoms with Gasteiger partial charge in [0.2, 0.25) is 0 Å². The summed E-state index contributed by atoms with van der Waals surface area (Å²) in [6.45, 7) is 6.75. The number of rotatable bonds is 5. The fourth-order valence-electron chi connectivity index (χ4n) is 3.04. The van der Waals surface area contributed by atoms with E-state index in [1.807, 2.05) is 45.0 Å². The van der Waals surface area contributed by atoms with Crippen LogP contribution in [0, 0.1) is 25.2 Å². The number of hydrogen-bond acceptors (Lipinski definition) is 3. The molecule has 26 heavy (non-hydrogen) atoms. The van der Waals surface area contributed by atoms with Crippen LogP contribution in [-0.4, -0.2) is 10.5 Å². The van der Waals surface area contributed by atoms with Gasteiger partial charge in [0.25, 0.3) is 5.91 Å². The molecule has 5 heteroatoms. The molecule has 0 fully saturated rings. The molecule has 3 aromatic rings. The Morgan fingerprint density at radius 2 is 2.00 bits per heavy atom. The zero-order valence-electron chi connectivity index (χ0n) is 15.1. The summed E-state index contributed by atoms with van der Waals surface area (Å²) in [6, 6.07) is 15.4. The van der Waals surface area contributed by atoms with Crippen LogP contribution in [0.3, 0.4) is 0 Å². The second-order valence-electron chi connectivity index (χ2n) is 6.38. The maximum absolute atomic E-state index is 12.8. The second-order valence-corrected chi connectivity index (χ2v) is 7.41. The molecule has 132 valence electrons. The van der Waals surface area contributed by atoms with Gasteiger partial charge in [0.05, 0.1) is 29.8 Å². The van der Waals surface area contributed by atoms with E-state index in [0.29, 0.717) is 11.1 Å². The highest BCUT2D eigenvalue weighted by molar-refractivity contribution is 7.09. The van der Waals surface area contributed by atoms with Crippen LogP contribution in [0.25, 0.3) is 0 Å². The number of carbonyl (C=O) groups excluding carboxylic acids is 1. The van der Waals surface area contributed by atoms with Gasteiger partial charge in [-0.15, -0.1) is 11.3 Å². The van der Waals surface area contributed by atoms with Crippen molar-refractivity contribution >= 4 is 17.2 Å². The molecule has 1 unspecified atom stereocenters. The summed E-state index contributed by atoms with van der Waals surface area (Å²) in [7, 11) is 0. The predicted molar refractivity (Wildman–Crippen MR) is 104 cm³/mol. The van der Waals surface area contributed by atoms with Crippen LogP contribution in [0.2, 0.25) is 0 Å². The lowest BCUT2D eigenvalue weighted by Crippen LogP contribution is -2.27. The first-order valence-corrected chi connectivity index (χ1v) is 9.37. The van der Waals surface area contributed by atoms with Gasteiger partial charge < -0.3 is 9.88 Å². The smallest absolute Gasteiger partial charge is 0.253 e. The molecule has 0 aliphatic rings. The van der Waals surface area contributed by atoms with Crippen molar-refractivity contribution in [2.24, 2.45) is 0 Å². The van der Waals surface area contributed by atoms with Crippen molar-refractivity contribution in [2.45, 2.75) is 33.4 Å². The molecular formula is C21H21N3OS. The monoisotopic (exact) mass is 363 g/mol. The van der Waals surface area contributed by atoms with E-state index in [2.05, 4.69) is 27.4 Å². The molecule has 0 bridgehead atoms. The SMILES string of the molecule is Cc1cc(C(=O)NC(C)c2ccc(C#N)cc2)c(C)n1Cc1cccs1. The molecule has 0 saturated heterocycles. The highest BCUT2D eigenvalue weighted by atomic mass is 32.1. The Balaban J connectivity index is 1.76. The second kappa shape index (κ2) is 7.59. The number of aromatic nitrogens is 1.